The van der Waals surface area contributed by atoms with Gasteiger partial charge in [-0.3, -0.25) is 14.8 Å². The molecule has 24 heavy (non-hydrogen) atoms. The van der Waals surface area contributed by atoms with E-state index < -0.39 is 0 Å². The first-order valence-corrected chi connectivity index (χ1v) is 7.85. The summed E-state index contributed by atoms with van der Waals surface area (Å²) < 4.78 is 13.0. The van der Waals surface area contributed by atoms with Crippen LogP contribution in [0.4, 0.5) is 11.4 Å². The van der Waals surface area contributed by atoms with E-state index in [9.17, 15) is 10.1 Å². The zero-order valence-electron chi connectivity index (χ0n) is 13.7. The second-order valence-corrected chi connectivity index (χ2v) is 5.57. The zero-order chi connectivity index (χ0) is 17.1. The predicted octanol–water partition coefficient (Wildman–Crippen LogP) is 2.30. The van der Waals surface area contributed by atoms with Crippen LogP contribution in [0.2, 0.25) is 0 Å². The number of ether oxygens (including phenoxy) is 2. The van der Waals surface area contributed by atoms with Gasteiger partial charge in [0.25, 0.3) is 0 Å². The summed E-state index contributed by atoms with van der Waals surface area (Å²) in [6.07, 6.45) is 3.50. The van der Waals surface area contributed by atoms with Crippen molar-refractivity contribution in [2.45, 2.75) is 13.0 Å². The molecular formula is C16H20N4O4. The average molecular weight is 332 g/mol. The number of rotatable bonds is 5. The van der Waals surface area contributed by atoms with Crippen molar-refractivity contribution >= 4 is 11.4 Å². The molecule has 0 spiro atoms. The largest absolute Gasteiger partial charge is 0.487 e. The molecule has 1 atom stereocenters. The molecule has 3 rings (SSSR count). The molecule has 1 aromatic carbocycles. The minimum absolute atomic E-state index is 0.00573. The summed E-state index contributed by atoms with van der Waals surface area (Å²) in [6.45, 7) is 3.81. The van der Waals surface area contributed by atoms with E-state index in [2.05, 4.69) is 5.10 Å². The van der Waals surface area contributed by atoms with Crippen molar-refractivity contribution in [3.8, 4) is 5.75 Å². The van der Waals surface area contributed by atoms with Crippen molar-refractivity contribution in [3.63, 3.8) is 0 Å². The lowest BCUT2D eigenvalue weighted by Gasteiger charge is -2.34. The van der Waals surface area contributed by atoms with Crippen molar-refractivity contribution < 1.29 is 14.4 Å². The number of nitro groups is 1. The number of hydrogen-bond donors (Lipinski definition) is 0. The quantitative estimate of drug-likeness (QED) is 0.617. The maximum absolute atomic E-state index is 11.6. The third-order valence-corrected chi connectivity index (χ3v) is 3.96. The van der Waals surface area contributed by atoms with Gasteiger partial charge in [-0.1, -0.05) is 6.07 Å². The molecule has 128 valence electrons. The van der Waals surface area contributed by atoms with Crippen LogP contribution in [0.25, 0.3) is 0 Å². The van der Waals surface area contributed by atoms with Crippen molar-refractivity contribution in [3.05, 3.63) is 46.3 Å². The number of aryl methyl sites for hydroxylation is 1. The molecule has 1 saturated heterocycles. The monoisotopic (exact) mass is 332 g/mol. The van der Waals surface area contributed by atoms with Crippen LogP contribution in [0, 0.1) is 10.1 Å². The Balaban J connectivity index is 1.90. The molecule has 0 radical (unpaired) electrons. The van der Waals surface area contributed by atoms with E-state index in [4.69, 9.17) is 9.47 Å². The Morgan fingerprint density at radius 3 is 3.00 bits per heavy atom. The van der Waals surface area contributed by atoms with E-state index in [1.807, 2.05) is 25.1 Å². The number of morpholine rings is 1. The highest BCUT2D eigenvalue weighted by Crippen LogP contribution is 2.39. The summed E-state index contributed by atoms with van der Waals surface area (Å²) in [7, 11) is 1.85. The molecule has 0 aliphatic carbocycles. The van der Waals surface area contributed by atoms with Crippen LogP contribution in [-0.4, -0.2) is 41.0 Å². The summed E-state index contributed by atoms with van der Waals surface area (Å²) in [5, 5.41) is 15.7. The molecule has 8 nitrogen and oxygen atoms in total. The lowest BCUT2D eigenvalue weighted by Crippen LogP contribution is -2.38. The second kappa shape index (κ2) is 6.88. The lowest BCUT2D eigenvalue weighted by molar-refractivity contribution is -0.385. The summed E-state index contributed by atoms with van der Waals surface area (Å²) in [6, 6.07) is 5.17. The molecule has 0 amide bonds. The summed E-state index contributed by atoms with van der Waals surface area (Å²) in [5.41, 5.74) is 1.53. The average Bonchev–Trinajstić information content (AvgIpc) is 3.01. The van der Waals surface area contributed by atoms with Gasteiger partial charge in [-0.15, -0.1) is 0 Å². The molecule has 8 heteroatoms. The Morgan fingerprint density at radius 1 is 1.50 bits per heavy atom. The van der Waals surface area contributed by atoms with Gasteiger partial charge in [0.15, 0.2) is 5.75 Å². The van der Waals surface area contributed by atoms with Gasteiger partial charge >= 0.3 is 5.69 Å². The van der Waals surface area contributed by atoms with Gasteiger partial charge in [-0.25, -0.2) is 0 Å². The highest BCUT2D eigenvalue weighted by molar-refractivity contribution is 5.70. The van der Waals surface area contributed by atoms with Crippen LogP contribution in [0.3, 0.4) is 0 Å². The number of benzene rings is 1. The third kappa shape index (κ3) is 3.18. The van der Waals surface area contributed by atoms with Crippen LogP contribution < -0.4 is 9.64 Å². The van der Waals surface area contributed by atoms with Crippen molar-refractivity contribution in [2.24, 2.45) is 7.05 Å². The summed E-state index contributed by atoms with van der Waals surface area (Å²) in [4.78, 5) is 13.2. The molecule has 2 heterocycles. The van der Waals surface area contributed by atoms with Gasteiger partial charge < -0.3 is 14.4 Å². The van der Waals surface area contributed by atoms with Gasteiger partial charge in [-0.2, -0.15) is 5.10 Å². The minimum atomic E-state index is -0.380. The first kappa shape index (κ1) is 16.3. The lowest BCUT2D eigenvalue weighted by atomic mass is 10.1. The van der Waals surface area contributed by atoms with E-state index in [-0.39, 0.29) is 16.7 Å². The van der Waals surface area contributed by atoms with Crippen LogP contribution >= 0.6 is 0 Å². The molecule has 1 aliphatic heterocycles. The first-order valence-electron chi connectivity index (χ1n) is 7.85. The standard InChI is InChI=1S/C16H20N4O4/c1-3-23-14-6-4-5-13(16(14)20(21)22)19-7-8-24-15(11-19)12-9-17-18(2)10-12/h4-6,9-10,15H,3,7-8,11H2,1-2H3/t15-/m0/s1. The van der Waals surface area contributed by atoms with Crippen LogP contribution in [0.1, 0.15) is 18.6 Å². The van der Waals surface area contributed by atoms with Gasteiger partial charge in [0.05, 0.1) is 24.3 Å². The normalized spacial score (nSPS) is 17.8. The van der Waals surface area contributed by atoms with Crippen LogP contribution in [0.5, 0.6) is 5.75 Å². The number of nitro benzene ring substituents is 1. The fourth-order valence-corrected chi connectivity index (χ4v) is 2.90. The van der Waals surface area contributed by atoms with Crippen LogP contribution in [-0.2, 0) is 11.8 Å². The number of para-hydroxylation sites is 1. The van der Waals surface area contributed by atoms with E-state index in [1.54, 1.807) is 29.1 Å². The molecular weight excluding hydrogens is 312 g/mol. The maximum Gasteiger partial charge on any atom is 0.333 e. The fraction of sp³-hybridized carbons (Fsp3) is 0.438. The van der Waals surface area contributed by atoms with E-state index >= 15 is 0 Å². The first-order chi connectivity index (χ1) is 11.6. The molecule has 0 saturated carbocycles. The Labute approximate surface area is 139 Å². The van der Waals surface area contributed by atoms with Gasteiger partial charge in [0.1, 0.15) is 11.8 Å². The molecule has 1 aromatic heterocycles. The number of hydrogen-bond acceptors (Lipinski definition) is 6. The Hall–Kier alpha value is -2.61. The Morgan fingerprint density at radius 2 is 2.33 bits per heavy atom. The molecule has 0 unspecified atom stereocenters. The van der Waals surface area contributed by atoms with E-state index in [0.29, 0.717) is 37.7 Å². The van der Waals surface area contributed by atoms with Crippen molar-refractivity contribution in [2.75, 3.05) is 31.2 Å². The molecule has 2 aromatic rings. The Kier molecular flexibility index (Phi) is 4.66. The number of nitrogens with zero attached hydrogens (tertiary/aromatic N) is 4. The predicted molar refractivity (Wildman–Crippen MR) is 88.4 cm³/mol. The smallest absolute Gasteiger partial charge is 0.333 e. The van der Waals surface area contributed by atoms with E-state index in [0.717, 1.165) is 5.56 Å². The van der Waals surface area contributed by atoms with Crippen LogP contribution in [0.15, 0.2) is 30.6 Å². The molecule has 0 N–H and O–H groups in total. The molecule has 1 fully saturated rings. The van der Waals surface area contributed by atoms with Gasteiger partial charge in [0, 0.05) is 31.9 Å². The SMILES string of the molecule is CCOc1cccc(N2CCO[C@H](c3cnn(C)c3)C2)c1[N+](=O)[O-]. The third-order valence-electron chi connectivity index (χ3n) is 3.96. The highest BCUT2D eigenvalue weighted by atomic mass is 16.6. The summed E-state index contributed by atoms with van der Waals surface area (Å²) >= 11 is 0. The highest BCUT2D eigenvalue weighted by Gasteiger charge is 2.30. The van der Waals surface area contributed by atoms with Crippen molar-refractivity contribution in [1.82, 2.24) is 9.78 Å². The minimum Gasteiger partial charge on any atom is -0.487 e. The second-order valence-electron chi connectivity index (χ2n) is 5.57. The topological polar surface area (TPSA) is 82.7 Å². The fourth-order valence-electron chi connectivity index (χ4n) is 2.90. The molecule has 1 aliphatic rings. The zero-order valence-corrected chi connectivity index (χ0v) is 13.7. The number of aromatic nitrogens is 2. The number of anilines is 1. The van der Waals surface area contributed by atoms with Gasteiger partial charge in [-0.05, 0) is 19.1 Å². The Bertz CT molecular complexity index is 731. The summed E-state index contributed by atoms with van der Waals surface area (Å²) in [5.74, 6) is 0.296. The van der Waals surface area contributed by atoms with Gasteiger partial charge in [0.2, 0.25) is 0 Å². The maximum atomic E-state index is 11.6. The molecule has 0 bridgehead atoms. The van der Waals surface area contributed by atoms with E-state index in [1.165, 1.54) is 0 Å². The van der Waals surface area contributed by atoms with Crippen molar-refractivity contribution in [1.29, 1.82) is 0 Å².